The lowest BCUT2D eigenvalue weighted by Crippen LogP contribution is -2.09. The molecule has 0 amide bonds. The molecular weight excluding hydrogens is 308 g/mol. The molecule has 0 saturated carbocycles. The summed E-state index contributed by atoms with van der Waals surface area (Å²) in [4.78, 5) is 10.8. The highest BCUT2D eigenvalue weighted by molar-refractivity contribution is 5.86. The molecule has 0 radical (unpaired) electrons. The topological polar surface area (TPSA) is 76.0 Å². The minimum Gasteiger partial charge on any atom is -0.497 e. The maximum absolute atomic E-state index is 10.8. The van der Waals surface area contributed by atoms with Crippen molar-refractivity contribution < 1.29 is 24.5 Å². The monoisotopic (exact) mass is 328 g/mol. The van der Waals surface area contributed by atoms with Gasteiger partial charge in [-0.15, -0.1) is 0 Å². The van der Waals surface area contributed by atoms with Crippen LogP contribution in [0.25, 0.3) is 0 Å². The van der Waals surface area contributed by atoms with Gasteiger partial charge < -0.3 is 19.7 Å². The number of benzene rings is 2. The van der Waals surface area contributed by atoms with Gasteiger partial charge in [-0.3, -0.25) is 0 Å². The summed E-state index contributed by atoms with van der Waals surface area (Å²) in [7, 11) is 1.57. The van der Waals surface area contributed by atoms with E-state index in [1.54, 1.807) is 49.6 Å². The second-order valence-electron chi connectivity index (χ2n) is 5.33. The Hall–Kier alpha value is -2.79. The fourth-order valence-corrected chi connectivity index (χ4v) is 2.15. The largest absolute Gasteiger partial charge is 0.497 e. The van der Waals surface area contributed by atoms with E-state index in [4.69, 9.17) is 14.6 Å². The molecule has 126 valence electrons. The van der Waals surface area contributed by atoms with Gasteiger partial charge in [-0.25, -0.2) is 4.79 Å². The highest BCUT2D eigenvalue weighted by atomic mass is 16.5. The van der Waals surface area contributed by atoms with Gasteiger partial charge in [0.05, 0.1) is 7.11 Å². The highest BCUT2D eigenvalue weighted by Gasteiger charge is 2.10. The van der Waals surface area contributed by atoms with Crippen LogP contribution in [0.3, 0.4) is 0 Å². The number of carboxylic acids is 1. The van der Waals surface area contributed by atoms with E-state index in [2.05, 4.69) is 6.58 Å². The van der Waals surface area contributed by atoms with Crippen LogP contribution < -0.4 is 9.47 Å². The van der Waals surface area contributed by atoms with E-state index in [1.165, 1.54) is 0 Å². The van der Waals surface area contributed by atoms with Crippen LogP contribution in [0.1, 0.15) is 17.2 Å². The first-order valence-electron chi connectivity index (χ1n) is 7.44. The summed E-state index contributed by atoms with van der Waals surface area (Å²) in [5, 5.41) is 19.0. The van der Waals surface area contributed by atoms with E-state index in [1.807, 2.05) is 6.07 Å². The number of rotatable bonds is 8. The summed E-state index contributed by atoms with van der Waals surface area (Å²) in [6.45, 7) is 3.61. The first-order valence-corrected chi connectivity index (χ1v) is 7.44. The Kier molecular flexibility index (Phi) is 5.98. The molecule has 0 saturated heterocycles. The SMILES string of the molecule is C=C(Cc1ccc(OC[C@H](O)c2cccc(OC)c2)cc1)C(=O)O. The van der Waals surface area contributed by atoms with Crippen molar-refractivity contribution >= 4 is 5.97 Å². The van der Waals surface area contributed by atoms with Crippen LogP contribution in [-0.4, -0.2) is 29.9 Å². The Morgan fingerprint density at radius 3 is 2.50 bits per heavy atom. The molecular formula is C19H20O5. The van der Waals surface area contributed by atoms with Crippen molar-refractivity contribution in [3.63, 3.8) is 0 Å². The Balaban J connectivity index is 1.91. The maximum atomic E-state index is 10.8. The van der Waals surface area contributed by atoms with E-state index >= 15 is 0 Å². The van der Waals surface area contributed by atoms with Crippen molar-refractivity contribution in [1.82, 2.24) is 0 Å². The third kappa shape index (κ3) is 4.86. The fraction of sp³-hybridized carbons (Fsp3) is 0.211. The van der Waals surface area contributed by atoms with E-state index in [0.29, 0.717) is 17.1 Å². The Bertz CT molecular complexity index is 706. The van der Waals surface area contributed by atoms with Gasteiger partial charge in [-0.1, -0.05) is 30.8 Å². The number of aliphatic hydroxyl groups excluding tert-OH is 1. The van der Waals surface area contributed by atoms with Crippen LogP contribution in [0.4, 0.5) is 0 Å². The molecule has 0 aliphatic carbocycles. The van der Waals surface area contributed by atoms with Gasteiger partial charge in [0.2, 0.25) is 0 Å². The van der Waals surface area contributed by atoms with Crippen LogP contribution in [0.5, 0.6) is 11.5 Å². The molecule has 0 aliphatic heterocycles. The number of hydrogen-bond acceptors (Lipinski definition) is 4. The predicted octanol–water partition coefficient (Wildman–Crippen LogP) is 2.99. The number of ether oxygens (including phenoxy) is 2. The van der Waals surface area contributed by atoms with Crippen LogP contribution in [-0.2, 0) is 11.2 Å². The predicted molar refractivity (Wildman–Crippen MR) is 90.4 cm³/mol. The van der Waals surface area contributed by atoms with Gasteiger partial charge in [-0.2, -0.15) is 0 Å². The first-order chi connectivity index (χ1) is 11.5. The van der Waals surface area contributed by atoms with E-state index in [9.17, 15) is 9.90 Å². The summed E-state index contributed by atoms with van der Waals surface area (Å²) < 4.78 is 10.7. The average Bonchev–Trinajstić information content (AvgIpc) is 2.60. The number of carboxylic acid groups (broad SMARTS) is 1. The Morgan fingerprint density at radius 2 is 1.88 bits per heavy atom. The molecule has 2 aromatic rings. The van der Waals surface area contributed by atoms with Crippen LogP contribution in [0.2, 0.25) is 0 Å². The van der Waals surface area contributed by atoms with Crippen molar-refractivity contribution in [1.29, 1.82) is 0 Å². The number of carbonyl (C=O) groups is 1. The Morgan fingerprint density at radius 1 is 1.17 bits per heavy atom. The lowest BCUT2D eigenvalue weighted by molar-refractivity contribution is -0.132. The normalized spacial score (nSPS) is 11.6. The van der Waals surface area contributed by atoms with Crippen molar-refractivity contribution in [3.8, 4) is 11.5 Å². The zero-order valence-corrected chi connectivity index (χ0v) is 13.4. The highest BCUT2D eigenvalue weighted by Crippen LogP contribution is 2.21. The van der Waals surface area contributed by atoms with Crippen molar-refractivity contribution in [2.45, 2.75) is 12.5 Å². The van der Waals surface area contributed by atoms with Crippen LogP contribution in [0.15, 0.2) is 60.7 Å². The summed E-state index contributed by atoms with van der Waals surface area (Å²) in [5.74, 6) is 0.271. The molecule has 0 spiro atoms. The third-order valence-electron chi connectivity index (χ3n) is 3.53. The lowest BCUT2D eigenvalue weighted by Gasteiger charge is -2.14. The van der Waals surface area contributed by atoms with Crippen molar-refractivity contribution in [2.24, 2.45) is 0 Å². The molecule has 0 heterocycles. The maximum Gasteiger partial charge on any atom is 0.331 e. The molecule has 2 N–H and O–H groups in total. The molecule has 5 heteroatoms. The summed E-state index contributed by atoms with van der Waals surface area (Å²) in [6, 6.07) is 14.2. The molecule has 0 bridgehead atoms. The molecule has 24 heavy (non-hydrogen) atoms. The second kappa shape index (κ2) is 8.17. The Labute approximate surface area is 140 Å². The second-order valence-corrected chi connectivity index (χ2v) is 5.33. The van der Waals surface area contributed by atoms with Gasteiger partial charge in [0, 0.05) is 12.0 Å². The quantitative estimate of drug-likeness (QED) is 0.729. The number of aliphatic carboxylic acids is 1. The van der Waals surface area contributed by atoms with Gasteiger partial charge in [-0.05, 0) is 35.4 Å². The molecule has 0 aliphatic rings. The van der Waals surface area contributed by atoms with Crippen LogP contribution >= 0.6 is 0 Å². The van der Waals surface area contributed by atoms with Gasteiger partial charge in [0.1, 0.15) is 24.2 Å². The van der Waals surface area contributed by atoms with Crippen LogP contribution in [0, 0.1) is 0 Å². The van der Waals surface area contributed by atoms with Gasteiger partial charge >= 0.3 is 5.97 Å². The standard InChI is InChI=1S/C19H20O5/c1-13(19(21)22)10-14-6-8-16(9-7-14)24-12-18(20)15-4-3-5-17(11-15)23-2/h3-9,11,18,20H,1,10,12H2,2H3,(H,21,22)/t18-/m0/s1. The molecule has 0 aromatic heterocycles. The molecule has 1 atom stereocenters. The van der Waals surface area contributed by atoms with Crippen molar-refractivity contribution in [2.75, 3.05) is 13.7 Å². The zero-order valence-electron chi connectivity index (χ0n) is 13.4. The summed E-state index contributed by atoms with van der Waals surface area (Å²) >= 11 is 0. The molecule has 5 nitrogen and oxygen atoms in total. The molecule has 2 rings (SSSR count). The zero-order chi connectivity index (χ0) is 17.5. The minimum atomic E-state index is -1.00. The number of aliphatic hydroxyl groups is 1. The summed E-state index contributed by atoms with van der Waals surface area (Å²) in [6.07, 6.45) is -0.492. The third-order valence-corrected chi connectivity index (χ3v) is 3.53. The molecule has 2 aromatic carbocycles. The summed E-state index contributed by atoms with van der Waals surface area (Å²) in [5.41, 5.74) is 1.68. The van der Waals surface area contributed by atoms with E-state index < -0.39 is 12.1 Å². The number of methoxy groups -OCH3 is 1. The van der Waals surface area contributed by atoms with Gasteiger partial charge in [0.25, 0.3) is 0 Å². The molecule has 0 unspecified atom stereocenters. The molecule has 0 fully saturated rings. The fourth-order valence-electron chi connectivity index (χ4n) is 2.15. The van der Waals surface area contributed by atoms with E-state index in [0.717, 1.165) is 5.56 Å². The first kappa shape index (κ1) is 17.6. The van der Waals surface area contributed by atoms with Gasteiger partial charge in [0.15, 0.2) is 0 Å². The lowest BCUT2D eigenvalue weighted by atomic mass is 10.1. The number of hydrogen-bond donors (Lipinski definition) is 2. The smallest absolute Gasteiger partial charge is 0.331 e. The minimum absolute atomic E-state index is 0.106. The average molecular weight is 328 g/mol. The van der Waals surface area contributed by atoms with Crippen molar-refractivity contribution in [3.05, 3.63) is 71.8 Å². The van der Waals surface area contributed by atoms with E-state index in [-0.39, 0.29) is 18.6 Å².